The fourth-order valence-corrected chi connectivity index (χ4v) is 2.44. The Hall–Kier alpha value is -0.920. The Morgan fingerprint density at radius 1 is 0.607 bits per heavy atom. The number of rotatable bonds is 2. The predicted octanol–water partition coefficient (Wildman–Crippen LogP) is 6.49. The van der Waals surface area contributed by atoms with Crippen LogP contribution < -0.4 is 0 Å². The average molecular weight is 507 g/mol. The average Bonchev–Trinajstić information content (AvgIpc) is 3.39. The first-order valence-corrected chi connectivity index (χ1v) is 13.9. The number of benzene rings is 2. The molecule has 150 valence electrons. The van der Waals surface area contributed by atoms with Crippen LogP contribution in [-0.2, 0) is 23.3 Å². The first-order valence-electron chi connectivity index (χ1n) is 7.94. The fourth-order valence-electron chi connectivity index (χ4n) is 2.44. The Labute approximate surface area is 200 Å². The quantitative estimate of drug-likeness (QED) is 0.323. The zero-order valence-electron chi connectivity index (χ0n) is 16.5. The van der Waals surface area contributed by atoms with Crippen LogP contribution in [-0.4, -0.2) is 6.88 Å². The van der Waals surface area contributed by atoms with Gasteiger partial charge in [0.1, 0.15) is 0 Å². The van der Waals surface area contributed by atoms with Crippen molar-refractivity contribution >= 4 is 42.8 Å². The molecule has 28 heavy (non-hydrogen) atoms. The van der Waals surface area contributed by atoms with Crippen molar-refractivity contribution in [3.63, 3.8) is 0 Å². The summed E-state index contributed by atoms with van der Waals surface area (Å²) in [5.74, 6) is 0. The van der Waals surface area contributed by atoms with Gasteiger partial charge in [-0.15, -0.1) is 72.4 Å². The van der Waals surface area contributed by atoms with Gasteiger partial charge in [-0.3, -0.25) is 0 Å². The van der Waals surface area contributed by atoms with Crippen LogP contribution >= 0.6 is 24.8 Å². The third-order valence-corrected chi connectivity index (χ3v) is 3.56. The topological polar surface area (TPSA) is 0 Å². The van der Waals surface area contributed by atoms with Gasteiger partial charge in [-0.25, -0.2) is 0 Å². The van der Waals surface area contributed by atoms with E-state index in [2.05, 4.69) is 85.0 Å². The maximum absolute atomic E-state index is 3.28. The van der Waals surface area contributed by atoms with E-state index in [-0.39, 0.29) is 39.7 Å². The summed E-state index contributed by atoms with van der Waals surface area (Å²) in [6.07, 6.45) is 17.0. The van der Waals surface area contributed by atoms with E-state index in [1.165, 1.54) is 22.3 Å². The molecule has 0 nitrogen and oxygen atoms in total. The number of hydrogen-bond donors (Lipinski definition) is 0. The van der Waals surface area contributed by atoms with Crippen molar-refractivity contribution in [2.24, 2.45) is 0 Å². The van der Waals surface area contributed by atoms with E-state index in [1.54, 1.807) is 23.3 Å². The van der Waals surface area contributed by atoms with Gasteiger partial charge in [0.15, 0.2) is 0 Å². The molecule has 2 aromatic carbocycles. The summed E-state index contributed by atoms with van der Waals surface area (Å²) in [6, 6.07) is 20.7. The zero-order valence-corrected chi connectivity index (χ0v) is 22.0. The Morgan fingerprint density at radius 2 is 0.929 bits per heavy atom. The summed E-state index contributed by atoms with van der Waals surface area (Å²) in [4.78, 5) is 0. The van der Waals surface area contributed by atoms with Gasteiger partial charge in [0.2, 0.25) is 0 Å². The maximum atomic E-state index is 3.28. The van der Waals surface area contributed by atoms with Crippen molar-refractivity contribution in [2.75, 3.05) is 0 Å². The van der Waals surface area contributed by atoms with Crippen LogP contribution in [0.15, 0.2) is 85.0 Å². The summed E-state index contributed by atoms with van der Waals surface area (Å²) in [5, 5.41) is 0. The third kappa shape index (κ3) is 10.6. The molecule has 0 unspecified atom stereocenters. The second kappa shape index (κ2) is 19.4. The molecule has 0 bridgehead atoms. The molecule has 0 radical (unpaired) electrons. The van der Waals surface area contributed by atoms with Crippen molar-refractivity contribution in [2.45, 2.75) is 12.8 Å². The molecule has 0 atom stereocenters. The van der Waals surface area contributed by atoms with Crippen molar-refractivity contribution in [1.29, 1.82) is 0 Å². The molecule has 0 heterocycles. The molecule has 0 amide bonds. The van der Waals surface area contributed by atoms with Gasteiger partial charge >= 0.3 is 30.2 Å². The van der Waals surface area contributed by atoms with Crippen LogP contribution in [0.3, 0.4) is 0 Å². The molecule has 0 saturated carbocycles. The zero-order chi connectivity index (χ0) is 17.0. The fraction of sp³-hybridized carbons (Fsp3) is 0.0833. The minimum atomic E-state index is 0. The van der Waals surface area contributed by atoms with Gasteiger partial charge in [0, 0.05) is 0 Å². The molecule has 2 aromatic rings. The number of hydrogen-bond acceptors (Lipinski definition) is 0. The van der Waals surface area contributed by atoms with Crippen molar-refractivity contribution in [3.8, 4) is 0 Å². The van der Waals surface area contributed by atoms with Gasteiger partial charge in [-0.1, -0.05) is 49.2 Å². The first-order chi connectivity index (χ1) is 11.9. The van der Waals surface area contributed by atoms with E-state index in [0.717, 1.165) is 12.8 Å². The molecular weight excluding hydrogens is 478 g/mol. The molecule has 0 saturated heterocycles. The van der Waals surface area contributed by atoms with Crippen LogP contribution in [0.5, 0.6) is 0 Å². The third-order valence-electron chi connectivity index (χ3n) is 3.56. The Kier molecular flexibility index (Phi) is 22.0. The van der Waals surface area contributed by atoms with Gasteiger partial charge in [0.05, 0.1) is 0 Å². The van der Waals surface area contributed by atoms with E-state index < -0.39 is 0 Å². The van der Waals surface area contributed by atoms with E-state index in [1.807, 2.05) is 19.0 Å². The molecule has 0 N–H and O–H groups in total. The summed E-state index contributed by atoms with van der Waals surface area (Å²) in [7, 11) is 0. The van der Waals surface area contributed by atoms with E-state index in [9.17, 15) is 0 Å². The standard InChI is InChI=1S/2C11H9.2CH3.2ClH.H2Si.Zr/c2*1-2-6-10(7-3-1)11-8-4-5-9-11;;;;;;/h2*1-4,6-8H,5H2;2*1H3;2*1H;1H2;/q4*-1;;;;. The first kappa shape index (κ1) is 31.8. The monoisotopic (exact) mass is 504 g/mol. The van der Waals surface area contributed by atoms with E-state index in [0.29, 0.717) is 0 Å². The molecular formula is C24H28Cl2SiZr-4. The summed E-state index contributed by atoms with van der Waals surface area (Å²) < 4.78 is 0. The molecule has 4 rings (SSSR count). The molecule has 4 heteroatoms. The van der Waals surface area contributed by atoms with Crippen molar-refractivity contribution in [1.82, 2.24) is 0 Å². The predicted molar refractivity (Wildman–Crippen MR) is 130 cm³/mol. The van der Waals surface area contributed by atoms with Crippen LogP contribution in [0.2, 0.25) is 0 Å². The van der Waals surface area contributed by atoms with Gasteiger partial charge in [-0.05, 0) is 0 Å². The van der Waals surface area contributed by atoms with Crippen LogP contribution in [0, 0.1) is 27.0 Å². The summed E-state index contributed by atoms with van der Waals surface area (Å²) in [5.41, 5.74) is 4.98. The minimum absolute atomic E-state index is 0. The van der Waals surface area contributed by atoms with Crippen molar-refractivity contribution < 1.29 is 23.3 Å². The molecule has 0 fully saturated rings. The summed E-state index contributed by atoms with van der Waals surface area (Å²) >= 11 is 1.58. The Balaban J connectivity index is -0.000000363. The van der Waals surface area contributed by atoms with Crippen molar-refractivity contribution in [3.05, 3.63) is 123 Å². The van der Waals surface area contributed by atoms with E-state index in [4.69, 9.17) is 0 Å². The molecule has 2 aliphatic carbocycles. The van der Waals surface area contributed by atoms with Crippen LogP contribution in [0.4, 0.5) is 0 Å². The van der Waals surface area contributed by atoms with Gasteiger partial charge in [0.25, 0.3) is 0 Å². The Bertz CT molecular complexity index is 685. The molecule has 0 aliphatic heterocycles. The Morgan fingerprint density at radius 3 is 1.18 bits per heavy atom. The number of halogens is 2. The van der Waals surface area contributed by atoms with Crippen LogP contribution in [0.25, 0.3) is 11.1 Å². The van der Waals surface area contributed by atoms with Crippen LogP contribution in [0.1, 0.15) is 24.0 Å². The van der Waals surface area contributed by atoms with Gasteiger partial charge < -0.3 is 14.9 Å². The van der Waals surface area contributed by atoms with Gasteiger partial charge in [-0.2, -0.15) is 35.5 Å². The number of allylic oxidation sites excluding steroid dienone is 8. The molecule has 2 aliphatic rings. The second-order valence-electron chi connectivity index (χ2n) is 5.13. The molecule has 0 aromatic heterocycles. The normalized spacial score (nSPS) is 12.0. The van der Waals surface area contributed by atoms with E-state index >= 15 is 0 Å². The summed E-state index contributed by atoms with van der Waals surface area (Å²) in [6.45, 7) is 1.95. The molecule has 0 spiro atoms. The SMILES string of the molecule is Cl.Cl.[C-]1=C(c2ccccc2)C=CC1.[C-]1=C(c2ccccc2)C=CC1.[CH3-].[CH3-].[SiH2]=[Zr]. The second-order valence-corrected chi connectivity index (χ2v) is 5.13.